The summed E-state index contributed by atoms with van der Waals surface area (Å²) < 4.78 is 24.8. The molecule has 2 aromatic rings. The van der Waals surface area contributed by atoms with Crippen LogP contribution < -0.4 is 5.32 Å². The lowest BCUT2D eigenvalue weighted by atomic mass is 10.2. The van der Waals surface area contributed by atoms with Crippen LogP contribution in [0.5, 0.6) is 0 Å². The van der Waals surface area contributed by atoms with Gasteiger partial charge in [0.05, 0.1) is 17.5 Å². The zero-order chi connectivity index (χ0) is 18.0. The number of thioether (sulfide) groups is 1. The molecule has 0 bridgehead atoms. The van der Waals surface area contributed by atoms with Gasteiger partial charge in [-0.15, -0.1) is 23.1 Å². The molecular weight excluding hydrogens is 378 g/mol. The number of anilines is 1. The summed E-state index contributed by atoms with van der Waals surface area (Å²) in [4.78, 5) is 18.9. The first-order valence-corrected chi connectivity index (χ1v) is 11.5. The number of nitrogens with one attached hydrogen (secondary N) is 1. The van der Waals surface area contributed by atoms with Gasteiger partial charge in [-0.25, -0.2) is 13.4 Å². The van der Waals surface area contributed by atoms with Gasteiger partial charge in [-0.1, -0.05) is 19.1 Å². The highest BCUT2D eigenvalue weighted by molar-refractivity contribution is 7.99. The fraction of sp³-hybridized carbons (Fsp3) is 0.375. The van der Waals surface area contributed by atoms with E-state index in [1.54, 1.807) is 17.8 Å². The Kier molecular flexibility index (Phi) is 5.47. The molecule has 9 heteroatoms. The zero-order valence-electron chi connectivity index (χ0n) is 14.0. The van der Waals surface area contributed by atoms with E-state index in [-0.39, 0.29) is 5.91 Å². The van der Waals surface area contributed by atoms with E-state index in [1.807, 2.05) is 25.1 Å². The number of amides is 1. The molecule has 2 heterocycles. The van der Waals surface area contributed by atoms with Crippen molar-refractivity contribution in [2.75, 3.05) is 23.9 Å². The number of thiazole rings is 1. The summed E-state index contributed by atoms with van der Waals surface area (Å²) >= 11 is 2.96. The Morgan fingerprint density at radius 2 is 2.16 bits per heavy atom. The number of aromatic nitrogens is 1. The molecule has 0 saturated carbocycles. The van der Waals surface area contributed by atoms with Gasteiger partial charge in [0.1, 0.15) is 0 Å². The number of hydrogen-bond donors (Lipinski definition) is 1. The summed E-state index contributed by atoms with van der Waals surface area (Å²) in [6, 6.07) is 7.48. The highest BCUT2D eigenvalue weighted by Crippen LogP contribution is 2.30. The highest BCUT2D eigenvalue weighted by atomic mass is 32.2. The molecule has 134 valence electrons. The Bertz CT molecular complexity index is 893. The topological polar surface area (TPSA) is 79.4 Å². The molecule has 1 aliphatic rings. The Hall–Kier alpha value is -1.42. The maximum absolute atomic E-state index is 12.6. The Morgan fingerprint density at radius 3 is 2.88 bits per heavy atom. The minimum absolute atomic E-state index is 0.192. The lowest BCUT2D eigenvalue weighted by Crippen LogP contribution is -2.34. The summed E-state index contributed by atoms with van der Waals surface area (Å²) in [6.07, 6.45) is 1.78. The number of benzene rings is 1. The van der Waals surface area contributed by atoms with Crippen LogP contribution in [0.25, 0.3) is 0 Å². The smallest absolute Gasteiger partial charge is 0.258 e. The van der Waals surface area contributed by atoms with Crippen LogP contribution in [-0.4, -0.2) is 42.2 Å². The second-order valence-corrected chi connectivity index (χ2v) is 9.99. The Labute approximate surface area is 155 Å². The van der Waals surface area contributed by atoms with Crippen molar-refractivity contribution in [2.45, 2.75) is 24.8 Å². The molecule has 0 unspecified atom stereocenters. The fourth-order valence-corrected chi connectivity index (χ4v) is 5.30. The van der Waals surface area contributed by atoms with Crippen LogP contribution in [0.1, 0.15) is 27.9 Å². The first-order valence-electron chi connectivity index (χ1n) is 7.85. The second kappa shape index (κ2) is 7.45. The Balaban J connectivity index is 1.77. The first-order chi connectivity index (χ1) is 11.9. The molecule has 0 aliphatic carbocycles. The summed E-state index contributed by atoms with van der Waals surface area (Å²) in [7, 11) is -3.22. The molecule has 1 amide bonds. The quantitative estimate of drug-likeness (QED) is 0.785. The van der Waals surface area contributed by atoms with Gasteiger partial charge < -0.3 is 0 Å². The van der Waals surface area contributed by atoms with Crippen LogP contribution in [0, 0.1) is 0 Å². The third-order valence-electron chi connectivity index (χ3n) is 3.82. The fourth-order valence-electron chi connectivity index (χ4n) is 2.61. The van der Waals surface area contributed by atoms with Gasteiger partial charge in [0, 0.05) is 29.3 Å². The highest BCUT2D eigenvalue weighted by Gasteiger charge is 2.26. The SMILES string of the molecule is CCSc1ccccc1C(=O)Nc1nc2c(s1)CN(S(C)(=O)=O)CC2. The average molecular weight is 398 g/mol. The van der Waals surface area contributed by atoms with Crippen LogP contribution in [0.15, 0.2) is 29.2 Å². The molecule has 6 nitrogen and oxygen atoms in total. The molecule has 0 saturated heterocycles. The van der Waals surface area contributed by atoms with E-state index in [2.05, 4.69) is 10.3 Å². The Morgan fingerprint density at radius 1 is 1.40 bits per heavy atom. The van der Waals surface area contributed by atoms with Crippen LogP contribution >= 0.6 is 23.1 Å². The van der Waals surface area contributed by atoms with E-state index in [0.717, 1.165) is 21.2 Å². The van der Waals surface area contributed by atoms with Gasteiger partial charge >= 0.3 is 0 Å². The molecule has 0 spiro atoms. The van der Waals surface area contributed by atoms with Gasteiger partial charge in [-0.05, 0) is 17.9 Å². The van der Waals surface area contributed by atoms with Gasteiger partial charge in [-0.3, -0.25) is 10.1 Å². The molecule has 0 radical (unpaired) electrons. The van der Waals surface area contributed by atoms with Crippen molar-refractivity contribution >= 4 is 44.2 Å². The average Bonchev–Trinajstić information content (AvgIpc) is 2.96. The molecule has 25 heavy (non-hydrogen) atoms. The first kappa shape index (κ1) is 18.4. The number of sulfonamides is 1. The summed E-state index contributed by atoms with van der Waals surface area (Å²) in [5.74, 6) is 0.694. The molecule has 3 rings (SSSR count). The maximum atomic E-state index is 12.6. The molecular formula is C16H19N3O3S3. The predicted molar refractivity (Wildman–Crippen MR) is 102 cm³/mol. The van der Waals surface area contributed by atoms with Gasteiger partial charge in [0.25, 0.3) is 5.91 Å². The molecule has 1 N–H and O–H groups in total. The minimum Gasteiger partial charge on any atom is -0.298 e. The molecule has 1 aliphatic heterocycles. The summed E-state index contributed by atoms with van der Waals surface area (Å²) in [5.41, 5.74) is 1.50. The van der Waals surface area contributed by atoms with Crippen molar-refractivity contribution in [1.82, 2.24) is 9.29 Å². The van der Waals surface area contributed by atoms with E-state index in [4.69, 9.17) is 0 Å². The predicted octanol–water partition coefficient (Wildman–Crippen LogP) is 2.83. The van der Waals surface area contributed by atoms with E-state index in [9.17, 15) is 13.2 Å². The zero-order valence-corrected chi connectivity index (χ0v) is 16.4. The van der Waals surface area contributed by atoms with Gasteiger partial charge in [-0.2, -0.15) is 4.31 Å². The standard InChI is InChI=1S/C16H19N3O3S3/c1-3-23-13-7-5-4-6-11(13)15(20)18-16-17-12-8-9-19(25(2,21)22)10-14(12)24-16/h4-7H,3,8-10H2,1-2H3,(H,17,18,20). The summed E-state index contributed by atoms with van der Waals surface area (Å²) in [5, 5.41) is 3.37. The lowest BCUT2D eigenvalue weighted by molar-refractivity contribution is 0.102. The van der Waals surface area contributed by atoms with Crippen molar-refractivity contribution in [3.63, 3.8) is 0 Å². The van der Waals surface area contributed by atoms with Crippen LogP contribution in [-0.2, 0) is 23.0 Å². The lowest BCUT2D eigenvalue weighted by Gasteiger charge is -2.23. The molecule has 1 aromatic carbocycles. The van der Waals surface area contributed by atoms with Crippen molar-refractivity contribution in [3.8, 4) is 0 Å². The maximum Gasteiger partial charge on any atom is 0.258 e. The van der Waals surface area contributed by atoms with Crippen LogP contribution in [0.3, 0.4) is 0 Å². The van der Waals surface area contributed by atoms with Crippen LogP contribution in [0.2, 0.25) is 0 Å². The minimum atomic E-state index is -3.22. The van der Waals surface area contributed by atoms with E-state index < -0.39 is 10.0 Å². The number of carbonyl (C=O) groups is 1. The second-order valence-electron chi connectivity index (χ2n) is 5.62. The van der Waals surface area contributed by atoms with Gasteiger partial charge in [0.2, 0.25) is 10.0 Å². The van der Waals surface area contributed by atoms with Crippen molar-refractivity contribution in [3.05, 3.63) is 40.4 Å². The van der Waals surface area contributed by atoms with Crippen LogP contribution in [0.4, 0.5) is 5.13 Å². The van der Waals surface area contributed by atoms with Crippen molar-refractivity contribution in [1.29, 1.82) is 0 Å². The summed E-state index contributed by atoms with van der Waals surface area (Å²) in [6.45, 7) is 2.80. The van der Waals surface area contributed by atoms with Crippen molar-refractivity contribution in [2.24, 2.45) is 0 Å². The third-order valence-corrected chi connectivity index (χ3v) is 7.02. The molecule has 1 aromatic heterocycles. The van der Waals surface area contributed by atoms with Crippen molar-refractivity contribution < 1.29 is 13.2 Å². The number of rotatable bonds is 5. The van der Waals surface area contributed by atoms with E-state index >= 15 is 0 Å². The van der Waals surface area contributed by atoms with E-state index in [1.165, 1.54) is 21.9 Å². The normalized spacial score (nSPS) is 15.0. The largest absolute Gasteiger partial charge is 0.298 e. The number of fused-ring (bicyclic) bond motifs is 1. The molecule has 0 fully saturated rings. The number of carbonyl (C=O) groups excluding carboxylic acids is 1. The van der Waals surface area contributed by atoms with E-state index in [0.29, 0.717) is 30.2 Å². The number of nitrogens with zero attached hydrogens (tertiary/aromatic N) is 2. The monoisotopic (exact) mass is 397 g/mol. The third kappa shape index (κ3) is 4.22. The number of hydrogen-bond acceptors (Lipinski definition) is 6. The molecule has 0 atom stereocenters. The van der Waals surface area contributed by atoms with Gasteiger partial charge in [0.15, 0.2) is 5.13 Å².